The van der Waals surface area contributed by atoms with Crippen LogP contribution in [-0.4, -0.2) is 16.8 Å². The summed E-state index contributed by atoms with van der Waals surface area (Å²) in [7, 11) is 0. The Morgan fingerprint density at radius 2 is 2.15 bits per heavy atom. The number of nitrogen functional groups attached to an aromatic ring is 1. The van der Waals surface area contributed by atoms with E-state index in [1.807, 2.05) is 12.1 Å². The molecular formula is C17H12N4O4S. The van der Waals surface area contributed by atoms with Crippen LogP contribution in [0.1, 0.15) is 27.7 Å². The van der Waals surface area contributed by atoms with Crippen molar-refractivity contribution in [2.75, 3.05) is 11.2 Å². The first-order chi connectivity index (χ1) is 12.4. The molecule has 1 aromatic carbocycles. The molecule has 26 heavy (non-hydrogen) atoms. The molecule has 2 aromatic heterocycles. The Balaban J connectivity index is 2.03. The van der Waals surface area contributed by atoms with Crippen LogP contribution in [0.4, 0.5) is 10.7 Å². The predicted molar refractivity (Wildman–Crippen MR) is 98.7 cm³/mol. The number of nitrogens with one attached hydrogen (secondary N) is 1. The van der Waals surface area contributed by atoms with E-state index in [0.717, 1.165) is 16.7 Å². The highest BCUT2D eigenvalue weighted by molar-refractivity contribution is 7.17. The van der Waals surface area contributed by atoms with Gasteiger partial charge in [0.25, 0.3) is 0 Å². The molecule has 9 heteroatoms. The van der Waals surface area contributed by atoms with Crippen molar-refractivity contribution in [2.24, 2.45) is 5.10 Å². The summed E-state index contributed by atoms with van der Waals surface area (Å²) in [6.45, 7) is 1.57. The molecule has 3 rings (SSSR count). The largest absolute Gasteiger partial charge is 0.478 e. The number of aromatic carboxylic acids is 1. The molecule has 4 N–H and O–H groups in total. The molecule has 0 bridgehead atoms. The maximum absolute atomic E-state index is 12.1. The van der Waals surface area contributed by atoms with Crippen LogP contribution in [0.5, 0.6) is 0 Å². The Morgan fingerprint density at radius 3 is 2.85 bits per heavy atom. The molecule has 0 amide bonds. The number of hydrazone groups is 1. The van der Waals surface area contributed by atoms with Crippen LogP contribution in [0.25, 0.3) is 11.0 Å². The van der Waals surface area contributed by atoms with E-state index in [9.17, 15) is 14.7 Å². The zero-order chi connectivity index (χ0) is 18.8. The normalized spacial score (nSPS) is 11.3. The van der Waals surface area contributed by atoms with Crippen molar-refractivity contribution in [3.63, 3.8) is 0 Å². The van der Waals surface area contributed by atoms with Gasteiger partial charge in [-0.05, 0) is 19.1 Å². The average molecular weight is 368 g/mol. The molecule has 0 saturated heterocycles. The Hall–Kier alpha value is -3.64. The third-order valence-corrected chi connectivity index (χ3v) is 4.54. The zero-order valence-corrected chi connectivity index (χ0v) is 14.3. The van der Waals surface area contributed by atoms with Crippen LogP contribution in [0.15, 0.2) is 44.6 Å². The first kappa shape index (κ1) is 17.2. The topological polar surface area (TPSA) is 142 Å². The summed E-state index contributed by atoms with van der Waals surface area (Å²) in [6.07, 6.45) is 0. The number of para-hydroxylation sites is 1. The molecule has 130 valence electrons. The lowest BCUT2D eigenvalue weighted by atomic mass is 10.1. The fourth-order valence-electron chi connectivity index (χ4n) is 2.36. The van der Waals surface area contributed by atoms with E-state index < -0.39 is 11.6 Å². The van der Waals surface area contributed by atoms with Gasteiger partial charge in [-0.2, -0.15) is 10.4 Å². The molecule has 8 nitrogen and oxygen atoms in total. The van der Waals surface area contributed by atoms with Crippen molar-refractivity contribution in [1.29, 1.82) is 5.26 Å². The monoisotopic (exact) mass is 368 g/mol. The molecule has 0 atom stereocenters. The molecule has 0 unspecified atom stereocenters. The Bertz CT molecular complexity index is 1150. The van der Waals surface area contributed by atoms with E-state index in [1.54, 1.807) is 31.2 Å². The average Bonchev–Trinajstić information content (AvgIpc) is 2.94. The van der Waals surface area contributed by atoms with E-state index in [4.69, 9.17) is 15.4 Å². The molecule has 0 aliphatic rings. The fraction of sp³-hybridized carbons (Fsp3) is 0.0588. The van der Waals surface area contributed by atoms with Crippen LogP contribution in [0.3, 0.4) is 0 Å². The summed E-state index contributed by atoms with van der Waals surface area (Å²) in [4.78, 5) is 23.6. The molecular weight excluding hydrogens is 356 g/mol. The number of nitrogens with two attached hydrogens (primary N) is 1. The van der Waals surface area contributed by atoms with E-state index in [2.05, 4.69) is 10.5 Å². The summed E-state index contributed by atoms with van der Waals surface area (Å²) in [5.41, 5.74) is 8.33. The highest BCUT2D eigenvalue weighted by atomic mass is 32.1. The van der Waals surface area contributed by atoms with E-state index in [0.29, 0.717) is 5.58 Å². The highest BCUT2D eigenvalue weighted by Crippen LogP contribution is 2.35. The maximum atomic E-state index is 12.1. The Morgan fingerprint density at radius 1 is 1.42 bits per heavy atom. The molecule has 3 aromatic rings. The minimum atomic E-state index is -1.28. The van der Waals surface area contributed by atoms with Gasteiger partial charge in [-0.25, -0.2) is 9.59 Å². The van der Waals surface area contributed by atoms with E-state index in [1.165, 1.54) is 0 Å². The number of nitrogens with zero attached hydrogens (tertiary/aromatic N) is 2. The van der Waals surface area contributed by atoms with Gasteiger partial charge >= 0.3 is 11.6 Å². The molecule has 0 spiro atoms. The lowest BCUT2D eigenvalue weighted by molar-refractivity contribution is 0.0699. The number of carboxylic acid groups (broad SMARTS) is 1. The number of rotatable bonds is 4. The van der Waals surface area contributed by atoms with Crippen molar-refractivity contribution in [1.82, 2.24) is 0 Å². The molecule has 0 aliphatic carbocycles. The summed E-state index contributed by atoms with van der Waals surface area (Å²) >= 11 is 0.846. The van der Waals surface area contributed by atoms with Gasteiger partial charge in [0.15, 0.2) is 0 Å². The number of fused-ring (bicyclic) bond motifs is 1. The molecule has 2 heterocycles. The van der Waals surface area contributed by atoms with Crippen molar-refractivity contribution in [3.8, 4) is 6.07 Å². The number of anilines is 2. The third kappa shape index (κ3) is 3.01. The zero-order valence-electron chi connectivity index (χ0n) is 13.4. The molecule has 0 fully saturated rings. The first-order valence-electron chi connectivity index (χ1n) is 7.31. The number of nitriles is 1. The standard InChI is InChI=1S/C17H12N4O4S/c1-8(10-6-9-4-2-3-5-11(9)25-17(10)24)20-21-14-12(7-18)26-15(19)13(14)16(22)23/h2-6,21H,19H2,1H3,(H,22,23)/b20-8+. The third-order valence-electron chi connectivity index (χ3n) is 3.62. The van der Waals surface area contributed by atoms with E-state index in [-0.39, 0.29) is 32.4 Å². The molecule has 0 saturated carbocycles. The number of hydrogen-bond acceptors (Lipinski definition) is 8. The summed E-state index contributed by atoms with van der Waals surface area (Å²) in [6, 6.07) is 10.5. The van der Waals surface area contributed by atoms with Crippen LogP contribution < -0.4 is 16.8 Å². The summed E-state index contributed by atoms with van der Waals surface area (Å²) in [5, 5.41) is 23.2. The second kappa shape index (κ2) is 6.70. The second-order valence-corrected chi connectivity index (χ2v) is 6.31. The molecule has 0 radical (unpaired) electrons. The smallest absolute Gasteiger partial charge is 0.345 e. The van der Waals surface area contributed by atoms with Gasteiger partial charge in [0, 0.05) is 5.39 Å². The number of hydrogen-bond donors (Lipinski definition) is 3. The van der Waals surface area contributed by atoms with Crippen LogP contribution in [0, 0.1) is 11.3 Å². The van der Waals surface area contributed by atoms with E-state index >= 15 is 0 Å². The predicted octanol–water partition coefficient (Wildman–Crippen LogP) is 2.84. The maximum Gasteiger partial charge on any atom is 0.345 e. The summed E-state index contributed by atoms with van der Waals surface area (Å²) < 4.78 is 5.25. The van der Waals surface area contributed by atoms with Crippen molar-refractivity contribution < 1.29 is 14.3 Å². The van der Waals surface area contributed by atoms with Gasteiger partial charge in [0.05, 0.1) is 11.3 Å². The summed E-state index contributed by atoms with van der Waals surface area (Å²) in [5.74, 6) is -1.28. The minimum Gasteiger partial charge on any atom is -0.478 e. The van der Waals surface area contributed by atoms with Gasteiger partial charge in [-0.1, -0.05) is 18.2 Å². The van der Waals surface area contributed by atoms with Crippen LogP contribution in [-0.2, 0) is 0 Å². The Labute approximate surface area is 150 Å². The fourth-order valence-corrected chi connectivity index (χ4v) is 3.17. The lowest BCUT2D eigenvalue weighted by Crippen LogP contribution is -2.13. The minimum absolute atomic E-state index is 0.00498. The quantitative estimate of drug-likeness (QED) is 0.365. The lowest BCUT2D eigenvalue weighted by Gasteiger charge is -2.04. The van der Waals surface area contributed by atoms with Crippen LogP contribution >= 0.6 is 11.3 Å². The number of carbonyl (C=O) groups is 1. The second-order valence-electron chi connectivity index (χ2n) is 5.26. The van der Waals surface area contributed by atoms with Crippen molar-refractivity contribution in [2.45, 2.75) is 6.92 Å². The van der Waals surface area contributed by atoms with Gasteiger partial charge < -0.3 is 15.3 Å². The molecule has 0 aliphatic heterocycles. The van der Waals surface area contributed by atoms with Crippen LogP contribution in [0.2, 0.25) is 0 Å². The number of benzene rings is 1. The Kier molecular flexibility index (Phi) is 4.43. The van der Waals surface area contributed by atoms with Gasteiger partial charge in [-0.15, -0.1) is 11.3 Å². The van der Waals surface area contributed by atoms with Gasteiger partial charge in [0.1, 0.15) is 32.8 Å². The highest BCUT2D eigenvalue weighted by Gasteiger charge is 2.22. The van der Waals surface area contributed by atoms with Gasteiger partial charge in [-0.3, -0.25) is 5.43 Å². The number of carboxylic acids is 1. The SMILES string of the molecule is C/C(=N\Nc1c(C#N)sc(N)c1C(=O)O)c1cc2ccccc2oc1=O. The van der Waals surface area contributed by atoms with Gasteiger partial charge in [0.2, 0.25) is 0 Å². The van der Waals surface area contributed by atoms with Crippen molar-refractivity contribution >= 4 is 44.7 Å². The number of thiophene rings is 1. The van der Waals surface area contributed by atoms with Crippen molar-refractivity contribution in [3.05, 3.63) is 56.8 Å². The first-order valence-corrected chi connectivity index (χ1v) is 8.13.